The molecule has 1 N–H and O–H groups in total. The third-order valence-corrected chi connectivity index (χ3v) is 6.74. The van der Waals surface area contributed by atoms with E-state index in [0.29, 0.717) is 37.6 Å². The van der Waals surface area contributed by atoms with Crippen LogP contribution in [0.5, 0.6) is 0 Å². The van der Waals surface area contributed by atoms with E-state index >= 15 is 0 Å². The summed E-state index contributed by atoms with van der Waals surface area (Å²) >= 11 is 0. The van der Waals surface area contributed by atoms with Crippen molar-refractivity contribution in [1.29, 1.82) is 0 Å². The zero-order chi connectivity index (χ0) is 18.0. The van der Waals surface area contributed by atoms with E-state index in [9.17, 15) is 9.18 Å². The van der Waals surface area contributed by atoms with E-state index in [-0.39, 0.29) is 28.5 Å². The third-order valence-electron chi connectivity index (χ3n) is 6.74. The van der Waals surface area contributed by atoms with Gasteiger partial charge in [-0.2, -0.15) is 0 Å². The van der Waals surface area contributed by atoms with Gasteiger partial charge in [0.05, 0.1) is 35.6 Å². The lowest BCUT2D eigenvalue weighted by molar-refractivity contribution is -0.102. The number of nitrogens with zero attached hydrogens (tertiary/aromatic N) is 1. The predicted octanol–water partition coefficient (Wildman–Crippen LogP) is 2.64. The average Bonchev–Trinajstić information content (AvgIpc) is 2.99. The molecule has 6 heteroatoms. The van der Waals surface area contributed by atoms with Gasteiger partial charge < -0.3 is 19.7 Å². The second-order valence-electron chi connectivity index (χ2n) is 8.56. The highest BCUT2D eigenvalue weighted by Crippen LogP contribution is 2.66. The smallest absolute Gasteiger partial charge is 0.251 e. The molecule has 1 amide bonds. The molecule has 3 aliphatic heterocycles. The first-order chi connectivity index (χ1) is 12.4. The van der Waals surface area contributed by atoms with Crippen LogP contribution in [0.25, 0.3) is 0 Å². The minimum atomic E-state index is -0.350. The molecule has 3 saturated heterocycles. The topological polar surface area (TPSA) is 50.8 Å². The Balaban J connectivity index is 1.34. The normalized spacial score (nSPS) is 34.3. The summed E-state index contributed by atoms with van der Waals surface area (Å²) in [4.78, 5) is 14.8. The molecule has 5 aliphatic rings. The molecule has 2 bridgehead atoms. The van der Waals surface area contributed by atoms with E-state index < -0.39 is 0 Å². The number of morpholine rings is 1. The maximum atomic E-state index is 14.6. The summed E-state index contributed by atoms with van der Waals surface area (Å²) in [5, 5.41) is 3.22. The fourth-order valence-corrected chi connectivity index (χ4v) is 5.47. The Labute approximate surface area is 152 Å². The van der Waals surface area contributed by atoms with Crippen LogP contribution in [0.3, 0.4) is 0 Å². The van der Waals surface area contributed by atoms with Gasteiger partial charge >= 0.3 is 0 Å². The Kier molecular flexibility index (Phi) is 3.44. The highest BCUT2D eigenvalue weighted by molar-refractivity contribution is 5.95. The third kappa shape index (κ3) is 2.24. The monoisotopic (exact) mass is 360 g/mol. The van der Waals surface area contributed by atoms with Crippen molar-refractivity contribution in [3.63, 3.8) is 0 Å². The SMILES string of the molecule is CC12CC(NC(=O)c3ccc(N4CCOCC4)c(F)c3)(C1)C1(CCC1)O2. The van der Waals surface area contributed by atoms with Crippen molar-refractivity contribution in [2.24, 2.45) is 0 Å². The molecule has 1 spiro atoms. The van der Waals surface area contributed by atoms with Gasteiger partial charge in [-0.1, -0.05) is 0 Å². The fraction of sp³-hybridized carbons (Fsp3) is 0.650. The van der Waals surface area contributed by atoms with Gasteiger partial charge in [0.2, 0.25) is 0 Å². The number of hydrogen-bond donors (Lipinski definition) is 1. The average molecular weight is 360 g/mol. The molecule has 1 aromatic carbocycles. The summed E-state index contributed by atoms with van der Waals surface area (Å²) in [6, 6.07) is 4.79. The van der Waals surface area contributed by atoms with Crippen LogP contribution < -0.4 is 10.2 Å². The molecule has 5 nitrogen and oxygen atoms in total. The molecule has 1 aromatic rings. The number of carbonyl (C=O) groups excluding carboxylic acids is 1. The molecule has 0 atom stereocenters. The van der Waals surface area contributed by atoms with Crippen LogP contribution in [-0.2, 0) is 9.47 Å². The minimum Gasteiger partial charge on any atom is -0.378 e. The molecule has 2 aliphatic carbocycles. The van der Waals surface area contributed by atoms with E-state index in [1.54, 1.807) is 12.1 Å². The van der Waals surface area contributed by atoms with Crippen molar-refractivity contribution in [2.45, 2.75) is 55.8 Å². The molecule has 0 aromatic heterocycles. The summed E-state index contributed by atoms with van der Waals surface area (Å²) in [6.45, 7) is 4.67. The molecule has 0 radical (unpaired) electrons. The zero-order valence-electron chi connectivity index (χ0n) is 15.1. The van der Waals surface area contributed by atoms with Crippen molar-refractivity contribution in [2.75, 3.05) is 31.2 Å². The summed E-state index contributed by atoms with van der Waals surface area (Å²) in [5.74, 6) is -0.548. The largest absolute Gasteiger partial charge is 0.378 e. The van der Waals surface area contributed by atoms with E-state index in [2.05, 4.69) is 12.2 Å². The number of nitrogens with one attached hydrogen (secondary N) is 1. The first-order valence-electron chi connectivity index (χ1n) is 9.59. The zero-order valence-corrected chi connectivity index (χ0v) is 15.1. The number of ether oxygens (including phenoxy) is 2. The van der Waals surface area contributed by atoms with E-state index in [1.807, 2.05) is 4.90 Å². The number of rotatable bonds is 3. The van der Waals surface area contributed by atoms with Gasteiger partial charge in [-0.3, -0.25) is 4.79 Å². The summed E-state index contributed by atoms with van der Waals surface area (Å²) in [7, 11) is 0. The van der Waals surface area contributed by atoms with E-state index in [1.165, 1.54) is 6.07 Å². The standard InChI is InChI=1S/C20H25FN2O3/c1-18-12-19(13-18,20(26-18)5-2-6-20)22-17(24)14-3-4-16(15(21)11-14)23-7-9-25-10-8-23/h3-4,11H,2,5-10,12-13H2,1H3,(H,22,24). The predicted molar refractivity (Wildman–Crippen MR) is 94.9 cm³/mol. The molecule has 5 fully saturated rings. The van der Waals surface area contributed by atoms with Crippen molar-refractivity contribution in [3.8, 4) is 0 Å². The number of anilines is 1. The number of carbonyl (C=O) groups is 1. The Hall–Kier alpha value is -1.66. The van der Waals surface area contributed by atoms with Crippen molar-refractivity contribution in [3.05, 3.63) is 29.6 Å². The molecular weight excluding hydrogens is 335 g/mol. The number of benzene rings is 1. The molecule has 3 heterocycles. The van der Waals surface area contributed by atoms with Gasteiger partial charge in [-0.25, -0.2) is 4.39 Å². The highest BCUT2D eigenvalue weighted by atomic mass is 19.1. The Morgan fingerprint density at radius 3 is 2.58 bits per heavy atom. The lowest BCUT2D eigenvalue weighted by Crippen LogP contribution is -2.67. The quantitative estimate of drug-likeness (QED) is 0.900. The second-order valence-corrected chi connectivity index (χ2v) is 8.56. The van der Waals surface area contributed by atoms with E-state index in [4.69, 9.17) is 9.47 Å². The number of hydrogen-bond acceptors (Lipinski definition) is 4. The number of halogens is 1. The van der Waals surface area contributed by atoms with Crippen LogP contribution in [0.15, 0.2) is 18.2 Å². The second kappa shape index (κ2) is 5.42. The molecule has 140 valence electrons. The number of amides is 1. The van der Waals surface area contributed by atoms with Crippen LogP contribution >= 0.6 is 0 Å². The van der Waals surface area contributed by atoms with Crippen LogP contribution in [0, 0.1) is 5.82 Å². The lowest BCUT2D eigenvalue weighted by atomic mass is 9.57. The van der Waals surface area contributed by atoms with Gasteiger partial charge in [-0.15, -0.1) is 0 Å². The van der Waals surface area contributed by atoms with Crippen LogP contribution in [-0.4, -0.2) is 49.0 Å². The summed E-state index contributed by atoms with van der Waals surface area (Å²) < 4.78 is 26.2. The summed E-state index contributed by atoms with van der Waals surface area (Å²) in [5.41, 5.74) is 0.363. The Morgan fingerprint density at radius 2 is 1.96 bits per heavy atom. The molecule has 2 saturated carbocycles. The lowest BCUT2D eigenvalue weighted by Gasteiger charge is -2.51. The van der Waals surface area contributed by atoms with Crippen molar-refractivity contribution in [1.82, 2.24) is 5.32 Å². The Bertz CT molecular complexity index is 749. The first kappa shape index (κ1) is 16.5. The van der Waals surface area contributed by atoms with Crippen molar-refractivity contribution < 1.29 is 18.7 Å². The van der Waals surface area contributed by atoms with Gasteiger partial charge in [0.1, 0.15) is 5.82 Å². The van der Waals surface area contributed by atoms with Crippen molar-refractivity contribution >= 4 is 11.6 Å². The summed E-state index contributed by atoms with van der Waals surface area (Å²) in [6.07, 6.45) is 4.89. The van der Waals surface area contributed by atoms with Gasteiger partial charge in [0.25, 0.3) is 5.91 Å². The Morgan fingerprint density at radius 1 is 1.23 bits per heavy atom. The first-order valence-corrected chi connectivity index (χ1v) is 9.59. The van der Waals surface area contributed by atoms with Crippen LogP contribution in [0.4, 0.5) is 10.1 Å². The molecule has 26 heavy (non-hydrogen) atoms. The maximum absolute atomic E-state index is 14.6. The highest BCUT2D eigenvalue weighted by Gasteiger charge is 2.75. The molecule has 0 unspecified atom stereocenters. The molecule has 6 rings (SSSR count). The van der Waals surface area contributed by atoms with Gasteiger partial charge in [0, 0.05) is 31.5 Å². The van der Waals surface area contributed by atoms with Crippen LogP contribution in [0.2, 0.25) is 0 Å². The fourth-order valence-electron chi connectivity index (χ4n) is 5.47. The molecular formula is C20H25FN2O3. The maximum Gasteiger partial charge on any atom is 0.251 e. The van der Waals surface area contributed by atoms with Gasteiger partial charge in [0.15, 0.2) is 0 Å². The minimum absolute atomic E-state index is 0.0981. The van der Waals surface area contributed by atoms with E-state index in [0.717, 1.165) is 32.1 Å². The van der Waals surface area contributed by atoms with Gasteiger partial charge in [-0.05, 0) is 44.4 Å². The van der Waals surface area contributed by atoms with Crippen LogP contribution in [0.1, 0.15) is 49.4 Å².